The van der Waals surface area contributed by atoms with Crippen molar-refractivity contribution in [3.05, 3.63) is 59.9 Å². The first kappa shape index (κ1) is 20.5. The molecular weight excluding hydrogens is 423 g/mol. The largest absolute Gasteiger partial charge is 0.444 e. The molecule has 32 heavy (non-hydrogen) atoms. The van der Waals surface area contributed by atoms with Gasteiger partial charge in [-0.2, -0.15) is 13.2 Å². The molecule has 2 aliphatic rings. The Balaban J connectivity index is 1.36. The van der Waals surface area contributed by atoms with E-state index in [2.05, 4.69) is 20.3 Å². The summed E-state index contributed by atoms with van der Waals surface area (Å²) in [5.74, 6) is 0.790. The van der Waals surface area contributed by atoms with E-state index in [-0.39, 0.29) is 23.7 Å². The SMILES string of the molecule is Cc1cnc(C(=O)N2C[C@H]3C[C@@H](Nc4ccc(C(F)(F)F)cn4)[C@@H]2C3)c(-c2ncco2)c1. The fourth-order valence-electron chi connectivity index (χ4n) is 4.65. The van der Waals surface area contributed by atoms with E-state index in [1.807, 2.05) is 13.0 Å². The zero-order valence-electron chi connectivity index (χ0n) is 17.1. The van der Waals surface area contributed by atoms with Gasteiger partial charge in [0.1, 0.15) is 17.8 Å². The number of halogens is 3. The predicted octanol–water partition coefficient (Wildman–Crippen LogP) is 4.17. The standard InChI is InChI=1S/C22H20F3N5O2/c1-12-6-15(20-26-4-5-32-20)19(28-9-12)21(31)30-11-13-7-16(17(30)8-13)29-18-3-2-14(10-27-18)22(23,24)25/h2-6,9-10,13,16-17H,7-8,11H2,1H3,(H,27,29)/t13-,16+,17-/m0/s1. The lowest BCUT2D eigenvalue weighted by Gasteiger charge is -2.34. The number of amides is 1. The fourth-order valence-corrected chi connectivity index (χ4v) is 4.65. The van der Waals surface area contributed by atoms with Gasteiger partial charge < -0.3 is 14.6 Å². The minimum atomic E-state index is -4.43. The Morgan fingerprint density at radius 1 is 1.19 bits per heavy atom. The quantitative estimate of drug-likeness (QED) is 0.652. The highest BCUT2D eigenvalue weighted by atomic mass is 19.4. The molecule has 0 aromatic carbocycles. The lowest BCUT2D eigenvalue weighted by atomic mass is 10.0. The molecule has 1 aliphatic carbocycles. The maximum Gasteiger partial charge on any atom is 0.417 e. The molecule has 1 saturated carbocycles. The van der Waals surface area contributed by atoms with E-state index in [1.54, 1.807) is 11.1 Å². The molecule has 2 fully saturated rings. The molecule has 1 saturated heterocycles. The number of pyridine rings is 2. The summed E-state index contributed by atoms with van der Waals surface area (Å²) in [7, 11) is 0. The van der Waals surface area contributed by atoms with Gasteiger partial charge in [-0.25, -0.2) is 15.0 Å². The fraction of sp³-hybridized carbons (Fsp3) is 0.364. The normalized spacial score (nSPS) is 22.4. The number of alkyl halides is 3. The van der Waals surface area contributed by atoms with Crippen molar-refractivity contribution in [3.63, 3.8) is 0 Å². The number of anilines is 1. The van der Waals surface area contributed by atoms with Crippen LogP contribution in [0.3, 0.4) is 0 Å². The van der Waals surface area contributed by atoms with Gasteiger partial charge >= 0.3 is 6.18 Å². The molecule has 3 aromatic heterocycles. The number of nitrogens with zero attached hydrogens (tertiary/aromatic N) is 4. The first-order valence-corrected chi connectivity index (χ1v) is 10.3. The van der Waals surface area contributed by atoms with Crippen LogP contribution in [0.1, 0.15) is 34.5 Å². The second-order valence-corrected chi connectivity index (χ2v) is 8.29. The minimum absolute atomic E-state index is 0.0995. The smallest absolute Gasteiger partial charge is 0.417 e. The summed E-state index contributed by atoms with van der Waals surface area (Å²) in [5.41, 5.74) is 0.900. The Morgan fingerprint density at radius 2 is 2.03 bits per heavy atom. The lowest BCUT2D eigenvalue weighted by Crippen LogP contribution is -2.48. The van der Waals surface area contributed by atoms with Gasteiger partial charge in [-0.15, -0.1) is 0 Å². The number of carbonyl (C=O) groups is 1. The van der Waals surface area contributed by atoms with Gasteiger partial charge in [0.25, 0.3) is 5.91 Å². The number of fused-ring (bicyclic) bond motifs is 2. The van der Waals surface area contributed by atoms with Crippen LogP contribution in [-0.4, -0.2) is 44.4 Å². The number of likely N-dealkylation sites (tertiary alicyclic amines) is 1. The Hall–Kier alpha value is -3.43. The summed E-state index contributed by atoms with van der Waals surface area (Å²) in [6.07, 6.45) is 2.63. The van der Waals surface area contributed by atoms with Crippen molar-refractivity contribution < 1.29 is 22.4 Å². The number of aryl methyl sites for hydroxylation is 1. The summed E-state index contributed by atoms with van der Waals surface area (Å²) < 4.78 is 43.8. The van der Waals surface area contributed by atoms with Gasteiger partial charge in [-0.1, -0.05) is 0 Å². The highest BCUT2D eigenvalue weighted by molar-refractivity contribution is 5.98. The van der Waals surface area contributed by atoms with Gasteiger partial charge in [0, 0.05) is 25.0 Å². The number of carbonyl (C=O) groups excluding carboxylic acids is 1. The minimum Gasteiger partial charge on any atom is -0.444 e. The predicted molar refractivity (Wildman–Crippen MR) is 109 cm³/mol. The van der Waals surface area contributed by atoms with Crippen LogP contribution in [0, 0.1) is 12.8 Å². The molecule has 1 amide bonds. The average Bonchev–Trinajstić information content (AvgIpc) is 3.50. The second-order valence-electron chi connectivity index (χ2n) is 8.29. The first-order chi connectivity index (χ1) is 15.3. The Bertz CT molecular complexity index is 1130. The van der Waals surface area contributed by atoms with Crippen molar-refractivity contribution in [1.29, 1.82) is 0 Å². The van der Waals surface area contributed by atoms with E-state index >= 15 is 0 Å². The summed E-state index contributed by atoms with van der Waals surface area (Å²) in [6.45, 7) is 2.49. The number of aromatic nitrogens is 3. The summed E-state index contributed by atoms with van der Waals surface area (Å²) in [6, 6.07) is 3.95. The van der Waals surface area contributed by atoms with Crippen LogP contribution in [0.4, 0.5) is 19.0 Å². The van der Waals surface area contributed by atoms with Crippen molar-refractivity contribution in [3.8, 4) is 11.5 Å². The molecule has 3 atom stereocenters. The molecule has 5 rings (SSSR count). The Morgan fingerprint density at radius 3 is 2.69 bits per heavy atom. The highest BCUT2D eigenvalue weighted by Gasteiger charge is 2.47. The molecule has 7 nitrogen and oxygen atoms in total. The van der Waals surface area contributed by atoms with Gasteiger partial charge in [-0.05, 0) is 49.4 Å². The van der Waals surface area contributed by atoms with Crippen LogP contribution in [-0.2, 0) is 6.18 Å². The van der Waals surface area contributed by atoms with Gasteiger partial charge in [-0.3, -0.25) is 4.79 Å². The maximum atomic E-state index is 13.4. The lowest BCUT2D eigenvalue weighted by molar-refractivity contribution is -0.137. The monoisotopic (exact) mass is 443 g/mol. The number of hydrogen-bond donors (Lipinski definition) is 1. The highest BCUT2D eigenvalue weighted by Crippen LogP contribution is 2.40. The Kier molecular flexibility index (Phi) is 4.87. The van der Waals surface area contributed by atoms with Crippen molar-refractivity contribution in [2.75, 3.05) is 11.9 Å². The molecule has 3 aromatic rings. The molecule has 1 aliphatic heterocycles. The second kappa shape index (κ2) is 7.61. The van der Waals surface area contributed by atoms with Gasteiger partial charge in [0.2, 0.25) is 5.89 Å². The molecule has 0 radical (unpaired) electrons. The van der Waals surface area contributed by atoms with E-state index in [1.165, 1.54) is 18.5 Å². The molecule has 10 heteroatoms. The van der Waals surface area contributed by atoms with E-state index in [4.69, 9.17) is 4.42 Å². The maximum absolute atomic E-state index is 13.4. The number of hydrogen-bond acceptors (Lipinski definition) is 6. The van der Waals surface area contributed by atoms with E-state index in [0.717, 1.165) is 30.7 Å². The third-order valence-corrected chi connectivity index (χ3v) is 6.06. The van der Waals surface area contributed by atoms with Gasteiger partial charge in [0.05, 0.1) is 23.4 Å². The summed E-state index contributed by atoms with van der Waals surface area (Å²) in [5, 5.41) is 3.21. The average molecular weight is 443 g/mol. The van der Waals surface area contributed by atoms with Crippen LogP contribution in [0.2, 0.25) is 0 Å². The molecule has 4 heterocycles. The van der Waals surface area contributed by atoms with Crippen LogP contribution >= 0.6 is 0 Å². The Labute approximate surface area is 181 Å². The molecule has 0 unspecified atom stereocenters. The van der Waals surface area contributed by atoms with E-state index < -0.39 is 11.7 Å². The van der Waals surface area contributed by atoms with E-state index in [0.29, 0.717) is 29.7 Å². The topological polar surface area (TPSA) is 84.2 Å². The number of rotatable bonds is 4. The summed E-state index contributed by atoms with van der Waals surface area (Å²) in [4.78, 5) is 27.7. The third-order valence-electron chi connectivity index (χ3n) is 6.06. The molecule has 1 N–H and O–H groups in total. The van der Waals surface area contributed by atoms with E-state index in [9.17, 15) is 18.0 Å². The number of piperidine rings is 1. The molecule has 166 valence electrons. The van der Waals surface area contributed by atoms with Crippen molar-refractivity contribution >= 4 is 11.7 Å². The van der Waals surface area contributed by atoms with Crippen molar-refractivity contribution in [1.82, 2.24) is 19.9 Å². The van der Waals surface area contributed by atoms with Crippen LogP contribution in [0.15, 0.2) is 47.5 Å². The summed E-state index contributed by atoms with van der Waals surface area (Å²) >= 11 is 0. The number of oxazole rings is 1. The molecule has 2 bridgehead atoms. The molecule has 0 spiro atoms. The third kappa shape index (κ3) is 3.69. The van der Waals surface area contributed by atoms with Crippen LogP contribution in [0.25, 0.3) is 11.5 Å². The van der Waals surface area contributed by atoms with Crippen molar-refractivity contribution in [2.45, 2.75) is 38.0 Å². The van der Waals surface area contributed by atoms with Crippen LogP contribution < -0.4 is 5.32 Å². The molecular formula is C22H20F3N5O2. The van der Waals surface area contributed by atoms with Gasteiger partial charge in [0.15, 0.2) is 0 Å². The number of nitrogens with one attached hydrogen (secondary N) is 1. The zero-order valence-corrected chi connectivity index (χ0v) is 17.1. The van der Waals surface area contributed by atoms with Crippen LogP contribution in [0.5, 0.6) is 0 Å². The first-order valence-electron chi connectivity index (χ1n) is 10.3. The van der Waals surface area contributed by atoms with Crippen molar-refractivity contribution in [2.24, 2.45) is 5.92 Å². The zero-order chi connectivity index (χ0) is 22.5.